The highest BCUT2D eigenvalue weighted by Crippen LogP contribution is 2.38. The predicted octanol–water partition coefficient (Wildman–Crippen LogP) is 5.47. The topological polar surface area (TPSA) is 52.7 Å². The van der Waals surface area contributed by atoms with E-state index in [2.05, 4.69) is 5.32 Å². The lowest BCUT2D eigenvalue weighted by Crippen LogP contribution is -2.54. The summed E-state index contributed by atoms with van der Waals surface area (Å²) >= 11 is 6.29. The van der Waals surface area contributed by atoms with Crippen molar-refractivity contribution in [2.24, 2.45) is 5.92 Å². The number of sulfonamides is 1. The summed E-state index contributed by atoms with van der Waals surface area (Å²) in [6.07, 6.45) is -4.73. The van der Waals surface area contributed by atoms with Gasteiger partial charge in [-0.15, -0.1) is 0 Å². The summed E-state index contributed by atoms with van der Waals surface area (Å²) in [4.78, 5) is 1.37. The number of nitrogens with one attached hydrogen (secondary N) is 1. The Morgan fingerprint density at radius 2 is 1.85 bits per heavy atom. The fraction of sp³-hybridized carbons (Fsp3) is 0.455. The molecule has 3 rings (SSSR count). The van der Waals surface area contributed by atoms with Crippen molar-refractivity contribution >= 4 is 33.0 Å². The molecule has 1 aliphatic heterocycles. The van der Waals surface area contributed by atoms with Crippen molar-refractivity contribution in [1.29, 1.82) is 0 Å². The molecule has 33 heavy (non-hydrogen) atoms. The summed E-state index contributed by atoms with van der Waals surface area (Å²) in [7, 11) is -3.98. The molecular formula is C22H26ClF4N3O2S. The zero-order valence-corrected chi connectivity index (χ0v) is 20.0. The second-order valence-electron chi connectivity index (χ2n) is 8.49. The van der Waals surface area contributed by atoms with E-state index in [0.29, 0.717) is 24.2 Å². The van der Waals surface area contributed by atoms with Gasteiger partial charge in [0.1, 0.15) is 10.7 Å². The van der Waals surface area contributed by atoms with Crippen molar-refractivity contribution in [1.82, 2.24) is 4.31 Å². The minimum absolute atomic E-state index is 0.0135. The van der Waals surface area contributed by atoms with Crippen molar-refractivity contribution in [2.75, 3.05) is 36.4 Å². The molecule has 0 bridgehead atoms. The zero-order chi connectivity index (χ0) is 24.6. The standard InChI is InChI=1S/C22H26ClF4N3O2S/c1-14(2)12-28-17-5-7-21(19(23)11-17)33(31,32)30-9-8-29(13-15(30)3)20-6-4-16(24)10-18(20)22(25,26)27/h4-7,10-11,14-15,28H,8-9,12-13H2,1-3H3/t15-/m1/s1. The number of hydrogen-bond acceptors (Lipinski definition) is 4. The number of piperazine rings is 1. The third-order valence-electron chi connectivity index (χ3n) is 5.40. The maximum atomic E-state index is 13.5. The lowest BCUT2D eigenvalue weighted by molar-refractivity contribution is -0.137. The quantitative estimate of drug-likeness (QED) is 0.527. The average molecular weight is 508 g/mol. The number of alkyl halides is 3. The minimum Gasteiger partial charge on any atom is -0.385 e. The van der Waals surface area contributed by atoms with Crippen LogP contribution in [0.5, 0.6) is 0 Å². The number of halogens is 5. The summed E-state index contributed by atoms with van der Waals surface area (Å²) in [6, 6.07) is 6.48. The van der Waals surface area contributed by atoms with Crippen LogP contribution in [0.4, 0.5) is 28.9 Å². The van der Waals surface area contributed by atoms with E-state index in [1.54, 1.807) is 19.1 Å². The molecule has 1 aliphatic rings. The molecule has 11 heteroatoms. The summed E-state index contributed by atoms with van der Waals surface area (Å²) in [5.41, 5.74) is -0.563. The largest absolute Gasteiger partial charge is 0.418 e. The van der Waals surface area contributed by atoms with Crippen LogP contribution in [0.2, 0.25) is 5.02 Å². The molecule has 2 aromatic rings. The van der Waals surface area contributed by atoms with Crippen molar-refractivity contribution in [2.45, 2.75) is 37.9 Å². The van der Waals surface area contributed by atoms with Gasteiger partial charge in [0.2, 0.25) is 10.0 Å². The summed E-state index contributed by atoms with van der Waals surface area (Å²) in [5.74, 6) is -0.593. The van der Waals surface area contributed by atoms with Crippen LogP contribution >= 0.6 is 11.6 Å². The third kappa shape index (κ3) is 5.73. The summed E-state index contributed by atoms with van der Waals surface area (Å²) in [5, 5.41) is 3.25. The molecular weight excluding hydrogens is 482 g/mol. The van der Waals surface area contributed by atoms with Crippen molar-refractivity contribution < 1.29 is 26.0 Å². The Kier molecular flexibility index (Phi) is 7.50. The number of nitrogens with zero attached hydrogens (tertiary/aromatic N) is 2. The van der Waals surface area contributed by atoms with E-state index in [1.165, 1.54) is 15.3 Å². The second kappa shape index (κ2) is 9.68. The number of benzene rings is 2. The SMILES string of the molecule is CC(C)CNc1ccc(S(=O)(=O)N2CCN(c3ccc(F)cc3C(F)(F)F)C[C@H]2C)c(Cl)c1. The highest BCUT2D eigenvalue weighted by Gasteiger charge is 2.39. The van der Waals surface area contributed by atoms with Crippen LogP contribution in [0.25, 0.3) is 0 Å². The first-order chi connectivity index (χ1) is 15.3. The minimum atomic E-state index is -4.73. The van der Waals surface area contributed by atoms with Gasteiger partial charge in [-0.05, 0) is 49.2 Å². The normalized spacial score (nSPS) is 18.1. The van der Waals surface area contributed by atoms with Crippen LogP contribution in [-0.4, -0.2) is 44.9 Å². The molecule has 0 amide bonds. The highest BCUT2D eigenvalue weighted by molar-refractivity contribution is 7.89. The van der Waals surface area contributed by atoms with E-state index in [1.807, 2.05) is 13.8 Å². The van der Waals surface area contributed by atoms with Crippen LogP contribution in [0, 0.1) is 11.7 Å². The molecule has 0 aliphatic carbocycles. The fourth-order valence-electron chi connectivity index (χ4n) is 3.80. The maximum Gasteiger partial charge on any atom is 0.418 e. The molecule has 182 valence electrons. The van der Waals surface area contributed by atoms with Crippen molar-refractivity contribution in [3.05, 3.63) is 52.8 Å². The first-order valence-electron chi connectivity index (χ1n) is 10.5. The van der Waals surface area contributed by atoms with Crippen molar-refractivity contribution in [3.8, 4) is 0 Å². The summed E-state index contributed by atoms with van der Waals surface area (Å²) in [6.45, 7) is 6.39. The number of anilines is 2. The predicted molar refractivity (Wildman–Crippen MR) is 122 cm³/mol. The van der Waals surface area contributed by atoms with E-state index >= 15 is 0 Å². The molecule has 1 fully saturated rings. The Morgan fingerprint density at radius 3 is 2.42 bits per heavy atom. The highest BCUT2D eigenvalue weighted by atomic mass is 35.5. The van der Waals surface area contributed by atoms with Crippen molar-refractivity contribution in [3.63, 3.8) is 0 Å². The summed E-state index contributed by atoms with van der Waals surface area (Å²) < 4.78 is 81.5. The fourth-order valence-corrected chi connectivity index (χ4v) is 5.93. The first kappa shape index (κ1) is 25.6. The van der Waals surface area contributed by atoms with Gasteiger partial charge in [-0.25, -0.2) is 12.8 Å². The zero-order valence-electron chi connectivity index (χ0n) is 18.5. The van der Waals surface area contributed by atoms with Gasteiger partial charge in [-0.2, -0.15) is 17.5 Å². The Morgan fingerprint density at radius 1 is 1.15 bits per heavy atom. The molecule has 0 spiro atoms. The lowest BCUT2D eigenvalue weighted by Gasteiger charge is -2.40. The van der Waals surface area contributed by atoms with E-state index in [4.69, 9.17) is 11.6 Å². The molecule has 5 nitrogen and oxygen atoms in total. The van der Waals surface area contributed by atoms with E-state index in [-0.39, 0.29) is 35.2 Å². The molecule has 1 saturated heterocycles. The Labute approximate surface area is 196 Å². The maximum absolute atomic E-state index is 13.5. The van der Waals surface area contributed by atoms with Crippen LogP contribution in [0.3, 0.4) is 0 Å². The number of hydrogen-bond donors (Lipinski definition) is 1. The molecule has 2 aromatic carbocycles. The van der Waals surface area contributed by atoms with Gasteiger partial charge >= 0.3 is 6.18 Å². The van der Waals surface area contributed by atoms with Crippen LogP contribution in [0.15, 0.2) is 41.3 Å². The van der Waals surface area contributed by atoms with E-state index < -0.39 is 33.6 Å². The Balaban J connectivity index is 1.82. The van der Waals surface area contributed by atoms with Gasteiger partial charge < -0.3 is 10.2 Å². The average Bonchev–Trinajstić information content (AvgIpc) is 2.71. The van der Waals surface area contributed by atoms with Gasteiger partial charge in [0.05, 0.1) is 10.6 Å². The van der Waals surface area contributed by atoms with Gasteiger partial charge in [-0.3, -0.25) is 0 Å². The smallest absolute Gasteiger partial charge is 0.385 e. The van der Waals surface area contributed by atoms with Gasteiger partial charge in [0.25, 0.3) is 0 Å². The second-order valence-corrected chi connectivity index (χ2v) is 10.8. The Hall–Kier alpha value is -2.04. The van der Waals surface area contributed by atoms with Crippen LogP contribution < -0.4 is 10.2 Å². The van der Waals surface area contributed by atoms with Crippen LogP contribution in [0.1, 0.15) is 26.3 Å². The third-order valence-corrected chi connectivity index (χ3v) is 7.90. The molecule has 0 saturated carbocycles. The molecule has 1 heterocycles. The van der Waals surface area contributed by atoms with Gasteiger partial charge in [-0.1, -0.05) is 25.4 Å². The molecule has 1 atom stereocenters. The number of rotatable bonds is 6. The van der Waals surface area contributed by atoms with E-state index in [0.717, 1.165) is 12.1 Å². The monoisotopic (exact) mass is 507 g/mol. The molecule has 0 aromatic heterocycles. The molecule has 0 radical (unpaired) electrons. The van der Waals surface area contributed by atoms with E-state index in [9.17, 15) is 26.0 Å². The first-order valence-corrected chi connectivity index (χ1v) is 12.3. The van der Waals surface area contributed by atoms with Gasteiger partial charge in [0.15, 0.2) is 0 Å². The molecule has 0 unspecified atom stereocenters. The van der Waals surface area contributed by atoms with Gasteiger partial charge in [0, 0.05) is 43.6 Å². The Bertz CT molecular complexity index is 1110. The lowest BCUT2D eigenvalue weighted by atomic mass is 10.1. The van der Waals surface area contributed by atoms with Crippen LogP contribution in [-0.2, 0) is 16.2 Å². The molecule has 1 N–H and O–H groups in total.